The molecule has 0 saturated carbocycles. The molecule has 0 radical (unpaired) electrons. The molecule has 0 unspecified atom stereocenters. The Morgan fingerprint density at radius 2 is 1.81 bits per heavy atom. The number of sulfone groups is 1. The topological polar surface area (TPSA) is 110 Å². The van der Waals surface area contributed by atoms with E-state index in [-0.39, 0.29) is 29.6 Å². The normalized spacial score (nSPS) is 15.4. The lowest BCUT2D eigenvalue weighted by atomic mass is 9.95. The SMILES string of the molecule is CS(=O)(=O)c1cccc(NC(=O)C2CCN(c3ccc(C(F)(F)F)cc3[N+](=O)[O-])CC2)c1. The number of nitro groups is 1. The lowest BCUT2D eigenvalue weighted by molar-refractivity contribution is -0.384. The van der Waals surface area contributed by atoms with Gasteiger partial charge in [-0.25, -0.2) is 8.42 Å². The zero-order valence-corrected chi connectivity index (χ0v) is 17.7. The summed E-state index contributed by atoms with van der Waals surface area (Å²) in [6.07, 6.45) is -2.97. The van der Waals surface area contributed by atoms with E-state index < -0.39 is 38.1 Å². The van der Waals surface area contributed by atoms with Crippen molar-refractivity contribution >= 4 is 32.8 Å². The molecule has 2 aromatic rings. The summed E-state index contributed by atoms with van der Waals surface area (Å²) in [5.74, 6) is -0.751. The third kappa shape index (κ3) is 5.36. The van der Waals surface area contributed by atoms with Crippen LogP contribution in [-0.2, 0) is 20.8 Å². The van der Waals surface area contributed by atoms with Crippen LogP contribution in [0.4, 0.5) is 30.2 Å². The monoisotopic (exact) mass is 471 g/mol. The summed E-state index contributed by atoms with van der Waals surface area (Å²) in [7, 11) is -3.43. The van der Waals surface area contributed by atoms with Gasteiger partial charge in [0.05, 0.1) is 15.4 Å². The van der Waals surface area contributed by atoms with E-state index in [9.17, 15) is 36.5 Å². The second-order valence-electron chi connectivity index (χ2n) is 7.51. The molecule has 12 heteroatoms. The largest absolute Gasteiger partial charge is 0.416 e. The standard InChI is InChI=1S/C20H20F3N3O5S/c1-32(30,31)16-4-2-3-15(12-16)24-19(27)13-7-9-25(10-8-13)17-6-5-14(20(21,22)23)11-18(17)26(28)29/h2-6,11-13H,7-10H2,1H3,(H,24,27). The van der Waals surface area contributed by atoms with E-state index in [4.69, 9.17) is 0 Å². The fourth-order valence-electron chi connectivity index (χ4n) is 3.54. The summed E-state index contributed by atoms with van der Waals surface area (Å²) in [5, 5.41) is 14.0. The van der Waals surface area contributed by atoms with Crippen LogP contribution in [0.1, 0.15) is 18.4 Å². The average molecular weight is 471 g/mol. The first kappa shape index (κ1) is 23.5. The number of halogens is 3. The quantitative estimate of drug-likeness (QED) is 0.524. The molecule has 0 atom stereocenters. The molecule has 1 amide bonds. The van der Waals surface area contributed by atoms with E-state index in [0.29, 0.717) is 24.6 Å². The zero-order chi connectivity index (χ0) is 23.7. The molecule has 1 aliphatic heterocycles. The van der Waals surface area contributed by atoms with Gasteiger partial charge in [-0.05, 0) is 43.2 Å². The maximum Gasteiger partial charge on any atom is 0.416 e. The summed E-state index contributed by atoms with van der Waals surface area (Å²) < 4.78 is 62.0. The second kappa shape index (κ2) is 8.77. The van der Waals surface area contributed by atoms with Crippen molar-refractivity contribution < 1.29 is 31.3 Å². The predicted molar refractivity (Wildman–Crippen MR) is 111 cm³/mol. The van der Waals surface area contributed by atoms with E-state index >= 15 is 0 Å². The first-order valence-corrected chi connectivity index (χ1v) is 11.5. The first-order chi connectivity index (χ1) is 14.9. The van der Waals surface area contributed by atoms with Crippen molar-refractivity contribution in [3.63, 3.8) is 0 Å². The number of anilines is 2. The van der Waals surface area contributed by atoms with E-state index in [0.717, 1.165) is 18.4 Å². The number of hydrogen-bond acceptors (Lipinski definition) is 6. The number of alkyl halides is 3. The molecule has 1 aliphatic rings. The Morgan fingerprint density at radius 3 is 2.38 bits per heavy atom. The Morgan fingerprint density at radius 1 is 1.16 bits per heavy atom. The van der Waals surface area contributed by atoms with Crippen molar-refractivity contribution in [2.75, 3.05) is 29.6 Å². The number of hydrogen-bond donors (Lipinski definition) is 1. The number of carbonyl (C=O) groups excluding carboxylic acids is 1. The van der Waals surface area contributed by atoms with Crippen LogP contribution in [0, 0.1) is 16.0 Å². The maximum absolute atomic E-state index is 12.9. The van der Waals surface area contributed by atoms with Gasteiger partial charge in [0.2, 0.25) is 5.91 Å². The first-order valence-electron chi connectivity index (χ1n) is 9.58. The van der Waals surface area contributed by atoms with Gasteiger partial charge in [0.1, 0.15) is 5.69 Å². The smallest absolute Gasteiger partial charge is 0.366 e. The second-order valence-corrected chi connectivity index (χ2v) is 9.52. The summed E-state index contributed by atoms with van der Waals surface area (Å²) in [4.78, 5) is 24.7. The van der Waals surface area contributed by atoms with Gasteiger partial charge in [-0.2, -0.15) is 13.2 Å². The lowest BCUT2D eigenvalue weighted by Gasteiger charge is -2.32. The molecule has 2 aromatic carbocycles. The Bertz CT molecular complexity index is 1140. The molecule has 1 fully saturated rings. The molecule has 1 heterocycles. The Labute approximate surface area is 182 Å². The number of amides is 1. The Balaban J connectivity index is 1.69. The average Bonchev–Trinajstić information content (AvgIpc) is 2.72. The number of carbonyl (C=O) groups is 1. The third-order valence-electron chi connectivity index (χ3n) is 5.24. The van der Waals surface area contributed by atoms with Gasteiger partial charge in [0.15, 0.2) is 9.84 Å². The number of nitrogens with zero attached hydrogens (tertiary/aromatic N) is 2. The highest BCUT2D eigenvalue weighted by atomic mass is 32.2. The number of rotatable bonds is 5. The Hall–Kier alpha value is -3.15. The highest BCUT2D eigenvalue weighted by molar-refractivity contribution is 7.90. The van der Waals surface area contributed by atoms with Gasteiger partial charge in [0, 0.05) is 37.0 Å². The van der Waals surface area contributed by atoms with Crippen LogP contribution < -0.4 is 10.2 Å². The van der Waals surface area contributed by atoms with Crippen LogP contribution in [0.25, 0.3) is 0 Å². The van der Waals surface area contributed by atoms with Crippen molar-refractivity contribution in [3.8, 4) is 0 Å². The van der Waals surface area contributed by atoms with Crippen molar-refractivity contribution in [2.45, 2.75) is 23.9 Å². The predicted octanol–water partition coefficient (Wildman–Crippen LogP) is 3.87. The molecule has 172 valence electrons. The third-order valence-corrected chi connectivity index (χ3v) is 6.35. The fraction of sp³-hybridized carbons (Fsp3) is 0.350. The molecule has 1 saturated heterocycles. The van der Waals surface area contributed by atoms with Gasteiger partial charge >= 0.3 is 6.18 Å². The molecule has 0 bridgehead atoms. The minimum atomic E-state index is -4.69. The van der Waals surface area contributed by atoms with Crippen LogP contribution >= 0.6 is 0 Å². The van der Waals surface area contributed by atoms with Gasteiger partial charge in [-0.3, -0.25) is 14.9 Å². The number of benzene rings is 2. The van der Waals surface area contributed by atoms with E-state index in [1.807, 2.05) is 0 Å². The molecule has 1 N–H and O–H groups in total. The number of piperidine rings is 1. The Kier molecular flexibility index (Phi) is 6.44. The summed E-state index contributed by atoms with van der Waals surface area (Å²) in [6.45, 7) is 0.487. The van der Waals surface area contributed by atoms with Crippen LogP contribution in [0.15, 0.2) is 47.4 Å². The fourth-order valence-corrected chi connectivity index (χ4v) is 4.21. The van der Waals surface area contributed by atoms with Gasteiger partial charge in [-0.15, -0.1) is 0 Å². The number of nitrogens with one attached hydrogen (secondary N) is 1. The molecule has 0 spiro atoms. The molecule has 0 aromatic heterocycles. The molecule has 32 heavy (non-hydrogen) atoms. The molecular weight excluding hydrogens is 451 g/mol. The summed E-state index contributed by atoms with van der Waals surface area (Å²) in [5.41, 5.74) is -1.33. The highest BCUT2D eigenvalue weighted by Gasteiger charge is 2.35. The van der Waals surface area contributed by atoms with Crippen LogP contribution in [0.3, 0.4) is 0 Å². The van der Waals surface area contributed by atoms with Gasteiger partial charge in [-0.1, -0.05) is 6.07 Å². The van der Waals surface area contributed by atoms with E-state index in [1.54, 1.807) is 11.0 Å². The summed E-state index contributed by atoms with van der Waals surface area (Å²) >= 11 is 0. The van der Waals surface area contributed by atoms with Gasteiger partial charge in [0.25, 0.3) is 5.69 Å². The van der Waals surface area contributed by atoms with E-state index in [1.165, 1.54) is 18.2 Å². The highest BCUT2D eigenvalue weighted by Crippen LogP contribution is 2.37. The molecule has 3 rings (SSSR count). The number of nitro benzene ring substituents is 1. The van der Waals surface area contributed by atoms with Gasteiger partial charge < -0.3 is 10.2 Å². The van der Waals surface area contributed by atoms with Crippen LogP contribution in [0.2, 0.25) is 0 Å². The van der Waals surface area contributed by atoms with Crippen LogP contribution in [-0.4, -0.2) is 38.6 Å². The zero-order valence-electron chi connectivity index (χ0n) is 16.9. The maximum atomic E-state index is 12.9. The molecular formula is C20H20F3N3O5S. The lowest BCUT2D eigenvalue weighted by Crippen LogP contribution is -2.38. The van der Waals surface area contributed by atoms with Crippen molar-refractivity contribution in [2.24, 2.45) is 5.92 Å². The minimum absolute atomic E-state index is 0.0692. The van der Waals surface area contributed by atoms with Crippen molar-refractivity contribution in [1.29, 1.82) is 0 Å². The van der Waals surface area contributed by atoms with Crippen LogP contribution in [0.5, 0.6) is 0 Å². The molecule has 8 nitrogen and oxygen atoms in total. The van der Waals surface area contributed by atoms with E-state index in [2.05, 4.69) is 5.32 Å². The summed E-state index contributed by atoms with van der Waals surface area (Å²) in [6, 6.07) is 8.25. The van der Waals surface area contributed by atoms with Crippen molar-refractivity contribution in [1.82, 2.24) is 0 Å². The minimum Gasteiger partial charge on any atom is -0.366 e. The molecule has 0 aliphatic carbocycles. The van der Waals surface area contributed by atoms with Crippen molar-refractivity contribution in [3.05, 3.63) is 58.1 Å².